The zero-order valence-electron chi connectivity index (χ0n) is 26.1. The number of hydrogen-bond acceptors (Lipinski definition) is 8. The summed E-state index contributed by atoms with van der Waals surface area (Å²) in [6.07, 6.45) is -4.51. The summed E-state index contributed by atoms with van der Waals surface area (Å²) < 4.78 is 49.8. The molecule has 2 rings (SSSR count). The van der Waals surface area contributed by atoms with Crippen molar-refractivity contribution in [2.75, 3.05) is 46.1 Å². The van der Waals surface area contributed by atoms with Crippen LogP contribution in [0.4, 0.5) is 13.2 Å². The van der Waals surface area contributed by atoms with E-state index in [-0.39, 0.29) is 37.6 Å². The van der Waals surface area contributed by atoms with Gasteiger partial charge in [-0.05, 0) is 48.9 Å². The lowest BCUT2D eigenvalue weighted by Gasteiger charge is -2.32. The minimum Gasteiger partial charge on any atom is -0.378 e. The minimum atomic E-state index is -5.13. The predicted octanol–water partition coefficient (Wildman–Crippen LogP) is 1.43. The Labute approximate surface area is 260 Å². The molecule has 45 heavy (non-hydrogen) atoms. The Morgan fingerprint density at radius 2 is 1.42 bits per heavy atom. The van der Waals surface area contributed by atoms with Crippen molar-refractivity contribution in [1.29, 1.82) is 0 Å². The van der Waals surface area contributed by atoms with Crippen LogP contribution in [0, 0.1) is 11.8 Å². The van der Waals surface area contributed by atoms with Crippen molar-refractivity contribution < 1.29 is 46.6 Å². The smallest absolute Gasteiger partial charge is 0.378 e. The molecule has 0 bridgehead atoms. The van der Waals surface area contributed by atoms with E-state index in [1.807, 2.05) is 0 Å². The number of ether oxygens (including phenoxy) is 2. The van der Waals surface area contributed by atoms with E-state index < -0.39 is 59.6 Å². The first kappa shape index (κ1) is 37.6. The van der Waals surface area contributed by atoms with Crippen LogP contribution in [0.5, 0.6) is 0 Å². The summed E-state index contributed by atoms with van der Waals surface area (Å²) in [6, 6.07) is 1.87. The Morgan fingerprint density at radius 1 is 0.867 bits per heavy atom. The molecular weight excluding hydrogens is 599 g/mol. The lowest BCUT2D eigenvalue weighted by atomic mass is 9.98. The maximum absolute atomic E-state index is 13.5. The number of amides is 4. The Hall–Kier alpha value is -3.56. The van der Waals surface area contributed by atoms with Crippen LogP contribution in [0.2, 0.25) is 0 Å². The summed E-state index contributed by atoms with van der Waals surface area (Å²) in [7, 11) is 0. The Bertz CT molecular complexity index is 1160. The third kappa shape index (κ3) is 11.4. The van der Waals surface area contributed by atoms with Crippen molar-refractivity contribution in [3.05, 3.63) is 35.4 Å². The van der Waals surface area contributed by atoms with Gasteiger partial charge >= 0.3 is 6.18 Å². The van der Waals surface area contributed by atoms with Gasteiger partial charge < -0.3 is 36.1 Å². The van der Waals surface area contributed by atoms with Gasteiger partial charge in [-0.25, -0.2) is 0 Å². The molecule has 1 aliphatic heterocycles. The van der Waals surface area contributed by atoms with Gasteiger partial charge in [-0.15, -0.1) is 0 Å². The van der Waals surface area contributed by atoms with Crippen LogP contribution in [-0.4, -0.2) is 105 Å². The third-order valence-corrected chi connectivity index (χ3v) is 7.16. The molecule has 252 valence electrons. The molecule has 15 heteroatoms. The molecule has 0 aromatic heterocycles. The van der Waals surface area contributed by atoms with E-state index in [9.17, 15) is 37.1 Å². The van der Waals surface area contributed by atoms with E-state index >= 15 is 0 Å². The number of benzene rings is 1. The molecule has 12 nitrogen and oxygen atoms in total. The largest absolute Gasteiger partial charge is 0.452 e. The van der Waals surface area contributed by atoms with E-state index in [0.717, 1.165) is 0 Å². The highest BCUT2D eigenvalue weighted by Crippen LogP contribution is 2.24. The number of nitrogens with zero attached hydrogens (tertiary/aromatic N) is 1. The second-order valence-corrected chi connectivity index (χ2v) is 11.3. The van der Waals surface area contributed by atoms with Crippen molar-refractivity contribution in [3.8, 4) is 0 Å². The monoisotopic (exact) mass is 643 g/mol. The molecule has 0 aliphatic carbocycles. The van der Waals surface area contributed by atoms with Crippen LogP contribution < -0.4 is 21.7 Å². The van der Waals surface area contributed by atoms with E-state index in [1.54, 1.807) is 13.8 Å². The minimum absolute atomic E-state index is 0.159. The fourth-order valence-electron chi connectivity index (χ4n) is 4.70. The molecular formula is C30H44F3N5O7. The average Bonchev–Trinajstić information content (AvgIpc) is 3.48. The van der Waals surface area contributed by atoms with Crippen molar-refractivity contribution in [2.45, 2.75) is 64.8 Å². The summed E-state index contributed by atoms with van der Waals surface area (Å²) in [5.74, 6) is -5.68. The van der Waals surface area contributed by atoms with Gasteiger partial charge in [-0.3, -0.25) is 24.0 Å². The molecule has 0 saturated carbocycles. The highest BCUT2D eigenvalue weighted by Gasteiger charge is 2.46. The fourth-order valence-corrected chi connectivity index (χ4v) is 4.70. The fraction of sp³-hybridized carbons (Fsp3) is 0.633. The molecule has 1 unspecified atom stereocenters. The standard InChI is InChI=1S/C30H44F3N5O7/c1-18(2)23(25(39)30(31,32)33)36-28(42)22-6-5-13-38(22)29(43)24(19(3)4)37-27(41)21-9-7-20(8-10-21)26(40)35-12-15-45-17-16-44-14-11-34/h7-10,18-19,22-24H,5-6,11-17,34H2,1-4H3,(H,35,40)(H,36,42)(H,37,41)/t22-,23?,24-/m0/s1. The Kier molecular flexibility index (Phi) is 14.9. The van der Waals surface area contributed by atoms with Gasteiger partial charge in [0.2, 0.25) is 11.8 Å². The lowest BCUT2D eigenvalue weighted by molar-refractivity contribution is -0.175. The van der Waals surface area contributed by atoms with Gasteiger partial charge in [-0.1, -0.05) is 27.7 Å². The lowest BCUT2D eigenvalue weighted by Crippen LogP contribution is -2.58. The van der Waals surface area contributed by atoms with Gasteiger partial charge in [-0.2, -0.15) is 13.2 Å². The molecule has 1 fully saturated rings. The highest BCUT2D eigenvalue weighted by molar-refractivity contribution is 6.00. The number of likely N-dealkylation sites (tertiary alicyclic amines) is 1. The second kappa shape index (κ2) is 17.8. The SMILES string of the molecule is CC(C)C(NC(=O)[C@@H]1CCCN1C(=O)[C@@H](NC(=O)c1ccc(C(=O)NCCOCCOCCN)cc1)C(C)C)C(=O)C(F)(F)F. The third-order valence-electron chi connectivity index (χ3n) is 7.16. The number of Topliss-reactive ketones (excluding diaryl/α,β-unsaturated/α-hetero) is 1. The number of rotatable bonds is 17. The molecule has 1 aliphatic rings. The van der Waals surface area contributed by atoms with Crippen LogP contribution in [0.3, 0.4) is 0 Å². The zero-order chi connectivity index (χ0) is 33.7. The van der Waals surface area contributed by atoms with Crippen molar-refractivity contribution in [3.63, 3.8) is 0 Å². The quantitative estimate of drug-likeness (QED) is 0.185. The van der Waals surface area contributed by atoms with Crippen LogP contribution in [0.25, 0.3) is 0 Å². The molecule has 1 aromatic carbocycles. The number of hydrogen-bond donors (Lipinski definition) is 4. The number of carbonyl (C=O) groups excluding carboxylic acids is 5. The number of nitrogens with two attached hydrogens (primary N) is 1. The molecule has 1 aromatic rings. The number of ketones is 1. The van der Waals surface area contributed by atoms with E-state index in [4.69, 9.17) is 15.2 Å². The van der Waals surface area contributed by atoms with Crippen LogP contribution in [-0.2, 0) is 23.9 Å². The van der Waals surface area contributed by atoms with Crippen molar-refractivity contribution >= 4 is 29.4 Å². The Balaban J connectivity index is 1.99. The van der Waals surface area contributed by atoms with Gasteiger partial charge in [0.25, 0.3) is 17.6 Å². The second-order valence-electron chi connectivity index (χ2n) is 11.3. The number of alkyl halides is 3. The normalized spacial score (nSPS) is 16.4. The summed E-state index contributed by atoms with van der Waals surface area (Å²) in [6.45, 7) is 8.52. The molecule has 0 radical (unpaired) electrons. The number of nitrogens with one attached hydrogen (secondary N) is 3. The summed E-state index contributed by atoms with van der Waals surface area (Å²) in [5.41, 5.74) is 5.82. The maximum atomic E-state index is 13.5. The molecule has 1 heterocycles. The Morgan fingerprint density at radius 3 is 1.96 bits per heavy atom. The highest BCUT2D eigenvalue weighted by atomic mass is 19.4. The van der Waals surface area contributed by atoms with Crippen molar-refractivity contribution in [1.82, 2.24) is 20.9 Å². The number of carbonyl (C=O) groups is 5. The first-order valence-electron chi connectivity index (χ1n) is 15.0. The van der Waals surface area contributed by atoms with Gasteiger partial charge in [0, 0.05) is 30.8 Å². The summed E-state index contributed by atoms with van der Waals surface area (Å²) >= 11 is 0. The first-order valence-corrected chi connectivity index (χ1v) is 15.0. The first-order chi connectivity index (χ1) is 21.2. The predicted molar refractivity (Wildman–Crippen MR) is 158 cm³/mol. The van der Waals surface area contributed by atoms with Crippen molar-refractivity contribution in [2.24, 2.45) is 17.6 Å². The average molecular weight is 644 g/mol. The zero-order valence-corrected chi connectivity index (χ0v) is 26.1. The van der Waals surface area contributed by atoms with E-state index in [2.05, 4.69) is 16.0 Å². The summed E-state index contributed by atoms with van der Waals surface area (Å²) in [4.78, 5) is 65.2. The summed E-state index contributed by atoms with van der Waals surface area (Å²) in [5, 5.41) is 7.58. The van der Waals surface area contributed by atoms with Crippen LogP contribution in [0.15, 0.2) is 24.3 Å². The van der Waals surface area contributed by atoms with Crippen LogP contribution in [0.1, 0.15) is 61.3 Å². The molecule has 5 N–H and O–H groups in total. The maximum Gasteiger partial charge on any atom is 0.452 e. The molecule has 4 amide bonds. The van der Waals surface area contributed by atoms with Gasteiger partial charge in [0.15, 0.2) is 0 Å². The van der Waals surface area contributed by atoms with E-state index in [1.165, 1.54) is 43.0 Å². The van der Waals surface area contributed by atoms with Crippen LogP contribution >= 0.6 is 0 Å². The molecule has 0 spiro atoms. The number of halogens is 3. The van der Waals surface area contributed by atoms with Gasteiger partial charge in [0.05, 0.1) is 32.5 Å². The van der Waals surface area contributed by atoms with E-state index in [0.29, 0.717) is 38.3 Å². The molecule has 1 saturated heterocycles. The molecule has 3 atom stereocenters. The topological polar surface area (TPSA) is 169 Å². The van der Waals surface area contributed by atoms with Gasteiger partial charge in [0.1, 0.15) is 12.1 Å².